The van der Waals surface area contributed by atoms with Gasteiger partial charge in [0.05, 0.1) is 0 Å². The maximum absolute atomic E-state index is 13.4. The summed E-state index contributed by atoms with van der Waals surface area (Å²) in [6.07, 6.45) is 0.837. The van der Waals surface area contributed by atoms with E-state index in [1.807, 2.05) is 47.4 Å². The summed E-state index contributed by atoms with van der Waals surface area (Å²) < 4.78 is 0. The highest BCUT2D eigenvalue weighted by atomic mass is 16.2. The fourth-order valence-corrected chi connectivity index (χ4v) is 4.70. The van der Waals surface area contributed by atoms with Gasteiger partial charge in [-0.1, -0.05) is 30.3 Å². The number of fused-ring (bicyclic) bond motifs is 4. The maximum atomic E-state index is 13.4. The van der Waals surface area contributed by atoms with Crippen LogP contribution in [0.4, 0.5) is 17.1 Å². The molecule has 166 valence electrons. The third-order valence-corrected chi connectivity index (χ3v) is 6.42. The third kappa shape index (κ3) is 3.36. The number of nitrogens with zero attached hydrogens (tertiary/aromatic N) is 1. The smallest absolute Gasteiger partial charge is 0.274 e. The molecule has 1 aromatic heterocycles. The number of nitrogens with two attached hydrogens (primary N) is 1. The minimum atomic E-state index is -0.216. The van der Waals surface area contributed by atoms with Gasteiger partial charge in [0.2, 0.25) is 0 Å². The van der Waals surface area contributed by atoms with Crippen molar-refractivity contribution in [1.29, 1.82) is 0 Å². The van der Waals surface area contributed by atoms with Gasteiger partial charge in [-0.15, -0.1) is 0 Å². The molecule has 6 rings (SSSR count). The lowest BCUT2D eigenvalue weighted by Crippen LogP contribution is -2.29. The second-order valence-corrected chi connectivity index (χ2v) is 8.55. The summed E-state index contributed by atoms with van der Waals surface area (Å²) in [5.74, 6) is -0.273. The van der Waals surface area contributed by atoms with Crippen LogP contribution in [0.1, 0.15) is 26.4 Å². The summed E-state index contributed by atoms with van der Waals surface area (Å²) >= 11 is 0. The molecule has 0 fully saturated rings. The van der Waals surface area contributed by atoms with Crippen molar-refractivity contribution in [1.82, 2.24) is 4.98 Å². The van der Waals surface area contributed by atoms with Crippen molar-refractivity contribution in [2.75, 3.05) is 22.5 Å². The zero-order chi connectivity index (χ0) is 23.2. The zero-order valence-corrected chi connectivity index (χ0v) is 18.3. The molecule has 0 saturated heterocycles. The quantitative estimate of drug-likeness (QED) is 0.326. The Morgan fingerprint density at radius 3 is 2.56 bits per heavy atom. The van der Waals surface area contributed by atoms with Gasteiger partial charge in [0, 0.05) is 40.1 Å². The molecule has 4 aromatic carbocycles. The molecule has 6 nitrogen and oxygen atoms in total. The number of nitrogens with one attached hydrogen (secondary N) is 2. The van der Waals surface area contributed by atoms with Crippen LogP contribution in [0.25, 0.3) is 21.7 Å². The molecule has 0 radical (unpaired) electrons. The Balaban J connectivity index is 1.27. The van der Waals surface area contributed by atoms with E-state index in [0.29, 0.717) is 29.2 Å². The number of nitrogen functional groups attached to an aromatic ring is 1. The van der Waals surface area contributed by atoms with Crippen molar-refractivity contribution in [3.05, 3.63) is 102 Å². The van der Waals surface area contributed by atoms with Gasteiger partial charge in [-0.05, 0) is 77.4 Å². The van der Waals surface area contributed by atoms with Crippen LogP contribution in [0.3, 0.4) is 0 Å². The number of hydrogen-bond donors (Lipinski definition) is 3. The first-order chi connectivity index (χ1) is 16.6. The molecule has 1 aliphatic rings. The summed E-state index contributed by atoms with van der Waals surface area (Å²) in [6.45, 7) is 0.653. The Labute approximate surface area is 196 Å². The molecule has 4 N–H and O–H groups in total. The molecule has 5 aromatic rings. The van der Waals surface area contributed by atoms with E-state index < -0.39 is 0 Å². The van der Waals surface area contributed by atoms with Crippen LogP contribution in [-0.4, -0.2) is 23.3 Å². The van der Waals surface area contributed by atoms with Gasteiger partial charge in [0.25, 0.3) is 11.8 Å². The minimum absolute atomic E-state index is 0.0577. The Kier molecular flexibility index (Phi) is 4.59. The first kappa shape index (κ1) is 20.1. The predicted octanol–water partition coefficient (Wildman–Crippen LogP) is 5.36. The number of benzene rings is 4. The fraction of sp³-hybridized carbons (Fsp3) is 0.0714. The zero-order valence-electron chi connectivity index (χ0n) is 18.3. The number of rotatable bonds is 3. The van der Waals surface area contributed by atoms with Gasteiger partial charge in [0.15, 0.2) is 0 Å². The lowest BCUT2D eigenvalue weighted by Gasteiger charge is -2.17. The predicted molar refractivity (Wildman–Crippen MR) is 136 cm³/mol. The molecule has 0 aliphatic carbocycles. The van der Waals surface area contributed by atoms with Crippen molar-refractivity contribution >= 4 is 50.6 Å². The normalized spacial score (nSPS) is 12.8. The van der Waals surface area contributed by atoms with E-state index in [0.717, 1.165) is 23.0 Å². The van der Waals surface area contributed by atoms with Gasteiger partial charge < -0.3 is 20.9 Å². The van der Waals surface area contributed by atoms with Gasteiger partial charge in [-0.25, -0.2) is 0 Å². The number of aromatic nitrogens is 1. The average Bonchev–Trinajstić information content (AvgIpc) is 3.48. The van der Waals surface area contributed by atoms with E-state index in [9.17, 15) is 9.59 Å². The molecule has 0 unspecified atom stereocenters. The standard InChI is InChI=1S/C28H22N4O2/c29-20-8-5-18(6-9-20)27(33)30-21-10-11-24-19(15-21)16-25(31-24)28(34)32-14-13-23-22-4-2-1-3-17(22)7-12-26(23)32/h1-12,15-16,31H,13-14,29H2,(H,30,33). The second kappa shape index (κ2) is 7.78. The van der Waals surface area contributed by atoms with Crippen molar-refractivity contribution < 1.29 is 9.59 Å². The summed E-state index contributed by atoms with van der Waals surface area (Å²) in [7, 11) is 0. The van der Waals surface area contributed by atoms with Gasteiger partial charge in [0.1, 0.15) is 5.69 Å². The Morgan fingerprint density at radius 2 is 1.71 bits per heavy atom. The molecule has 34 heavy (non-hydrogen) atoms. The molecule has 2 amide bonds. The number of aromatic amines is 1. The molecule has 0 saturated carbocycles. The summed E-state index contributed by atoms with van der Waals surface area (Å²) in [6, 6.07) is 26.6. The molecule has 0 bridgehead atoms. The van der Waals surface area contributed by atoms with Crippen molar-refractivity contribution in [2.45, 2.75) is 6.42 Å². The van der Waals surface area contributed by atoms with E-state index in [1.165, 1.54) is 16.3 Å². The van der Waals surface area contributed by atoms with Crippen molar-refractivity contribution in [2.24, 2.45) is 0 Å². The summed E-state index contributed by atoms with van der Waals surface area (Å²) in [5.41, 5.74) is 11.0. The summed E-state index contributed by atoms with van der Waals surface area (Å²) in [4.78, 5) is 31.0. The number of amides is 2. The topological polar surface area (TPSA) is 91.2 Å². The van der Waals surface area contributed by atoms with E-state index in [1.54, 1.807) is 24.3 Å². The molecule has 6 heteroatoms. The number of carbonyl (C=O) groups is 2. The molecule has 0 atom stereocenters. The summed E-state index contributed by atoms with van der Waals surface area (Å²) in [5, 5.41) is 6.15. The van der Waals surface area contributed by atoms with Crippen molar-refractivity contribution in [3.63, 3.8) is 0 Å². The highest BCUT2D eigenvalue weighted by Crippen LogP contribution is 2.35. The van der Waals surface area contributed by atoms with Gasteiger partial charge in [-0.3, -0.25) is 9.59 Å². The van der Waals surface area contributed by atoms with E-state index in [2.05, 4.69) is 28.5 Å². The monoisotopic (exact) mass is 446 g/mol. The number of H-pyrrole nitrogens is 1. The highest BCUT2D eigenvalue weighted by Gasteiger charge is 2.27. The molecular weight excluding hydrogens is 424 g/mol. The van der Waals surface area contributed by atoms with Gasteiger partial charge in [-0.2, -0.15) is 0 Å². The highest BCUT2D eigenvalue weighted by molar-refractivity contribution is 6.11. The molecule has 0 spiro atoms. The van der Waals surface area contributed by atoms with Crippen LogP contribution in [0, 0.1) is 0 Å². The van der Waals surface area contributed by atoms with Crippen LogP contribution in [0.15, 0.2) is 84.9 Å². The molecule has 2 heterocycles. The SMILES string of the molecule is Nc1ccc(C(=O)Nc2ccc3[nH]c(C(=O)N4CCc5c4ccc4ccccc54)cc3c2)cc1. The van der Waals surface area contributed by atoms with Crippen LogP contribution in [-0.2, 0) is 6.42 Å². The fourth-order valence-electron chi connectivity index (χ4n) is 4.70. The third-order valence-electron chi connectivity index (χ3n) is 6.42. The Hall–Kier alpha value is -4.58. The first-order valence-corrected chi connectivity index (χ1v) is 11.2. The number of anilines is 3. The van der Waals surface area contributed by atoms with E-state index in [4.69, 9.17) is 5.73 Å². The van der Waals surface area contributed by atoms with E-state index >= 15 is 0 Å². The first-order valence-electron chi connectivity index (χ1n) is 11.2. The largest absolute Gasteiger partial charge is 0.399 e. The Morgan fingerprint density at radius 1 is 0.882 bits per heavy atom. The second-order valence-electron chi connectivity index (χ2n) is 8.55. The Bertz CT molecular complexity index is 1580. The maximum Gasteiger partial charge on any atom is 0.274 e. The average molecular weight is 447 g/mol. The lowest BCUT2D eigenvalue weighted by molar-refractivity contribution is 0.0984. The van der Waals surface area contributed by atoms with Crippen LogP contribution in [0.2, 0.25) is 0 Å². The molecular formula is C28H22N4O2. The number of carbonyl (C=O) groups excluding carboxylic acids is 2. The van der Waals surface area contributed by atoms with Crippen LogP contribution in [0.5, 0.6) is 0 Å². The van der Waals surface area contributed by atoms with Crippen LogP contribution >= 0.6 is 0 Å². The van der Waals surface area contributed by atoms with Gasteiger partial charge >= 0.3 is 0 Å². The minimum Gasteiger partial charge on any atom is -0.399 e. The van der Waals surface area contributed by atoms with Crippen LogP contribution < -0.4 is 16.0 Å². The number of hydrogen-bond acceptors (Lipinski definition) is 3. The van der Waals surface area contributed by atoms with E-state index in [-0.39, 0.29) is 11.8 Å². The lowest BCUT2D eigenvalue weighted by atomic mass is 10.0. The van der Waals surface area contributed by atoms with Crippen molar-refractivity contribution in [3.8, 4) is 0 Å². The molecule has 1 aliphatic heterocycles.